The lowest BCUT2D eigenvalue weighted by atomic mass is 10.1. The van der Waals surface area contributed by atoms with Gasteiger partial charge in [0.25, 0.3) is 0 Å². The highest BCUT2D eigenvalue weighted by molar-refractivity contribution is 5.80. The lowest BCUT2D eigenvalue weighted by molar-refractivity contribution is -0.131. The molecular formula is C22H34N4O2. The first-order chi connectivity index (χ1) is 13.7. The molecule has 2 aliphatic rings. The molecule has 0 saturated carbocycles. The Bertz CT molecular complexity index is 651. The number of hydrogen-bond donors (Lipinski definition) is 1. The molecule has 0 radical (unpaired) electrons. The first-order valence-corrected chi connectivity index (χ1v) is 10.7. The number of benzene rings is 1. The molecule has 0 spiro atoms. The molecule has 1 N–H and O–H groups in total. The van der Waals surface area contributed by atoms with Gasteiger partial charge >= 0.3 is 0 Å². The summed E-state index contributed by atoms with van der Waals surface area (Å²) in [5.74, 6) is 1.79. The van der Waals surface area contributed by atoms with E-state index in [1.54, 1.807) is 0 Å². The van der Waals surface area contributed by atoms with E-state index in [1.807, 2.05) is 24.0 Å². The Hall–Kier alpha value is -2.08. The quantitative estimate of drug-likeness (QED) is 0.424. The highest BCUT2D eigenvalue weighted by atomic mass is 16.5. The van der Waals surface area contributed by atoms with Crippen LogP contribution in [0, 0.1) is 5.92 Å². The van der Waals surface area contributed by atoms with E-state index >= 15 is 0 Å². The van der Waals surface area contributed by atoms with Crippen molar-refractivity contribution in [2.45, 2.75) is 46.2 Å². The second-order valence-electron chi connectivity index (χ2n) is 7.62. The van der Waals surface area contributed by atoms with Crippen LogP contribution in [0.3, 0.4) is 0 Å². The molecule has 6 nitrogen and oxygen atoms in total. The first kappa shape index (κ1) is 20.6. The molecule has 1 fully saturated rings. The van der Waals surface area contributed by atoms with Gasteiger partial charge in [0.05, 0.1) is 6.61 Å². The van der Waals surface area contributed by atoms with E-state index < -0.39 is 0 Å². The minimum absolute atomic E-state index is 0.231. The fourth-order valence-corrected chi connectivity index (χ4v) is 3.95. The monoisotopic (exact) mass is 386 g/mol. The van der Waals surface area contributed by atoms with Crippen LogP contribution in [0.1, 0.15) is 44.2 Å². The van der Waals surface area contributed by atoms with E-state index in [1.165, 1.54) is 11.1 Å². The number of nitrogens with one attached hydrogen (secondary N) is 1. The lowest BCUT2D eigenvalue weighted by Gasteiger charge is -2.21. The molecule has 0 aliphatic carbocycles. The molecule has 1 amide bonds. The summed E-state index contributed by atoms with van der Waals surface area (Å²) in [6.45, 7) is 10.8. The van der Waals surface area contributed by atoms with Crippen LogP contribution in [-0.4, -0.2) is 61.1 Å². The number of carbonyl (C=O) groups is 1. The van der Waals surface area contributed by atoms with E-state index in [2.05, 4.69) is 29.3 Å². The zero-order valence-corrected chi connectivity index (χ0v) is 17.3. The van der Waals surface area contributed by atoms with Crippen molar-refractivity contribution in [3.63, 3.8) is 0 Å². The number of guanidine groups is 1. The maximum absolute atomic E-state index is 12.5. The van der Waals surface area contributed by atoms with Crippen LogP contribution in [0.25, 0.3) is 0 Å². The van der Waals surface area contributed by atoms with E-state index in [0.29, 0.717) is 18.9 Å². The summed E-state index contributed by atoms with van der Waals surface area (Å²) in [4.78, 5) is 21.6. The lowest BCUT2D eigenvalue weighted by Crippen LogP contribution is -2.40. The smallest absolute Gasteiger partial charge is 0.223 e. The van der Waals surface area contributed by atoms with Crippen LogP contribution in [-0.2, 0) is 22.6 Å². The summed E-state index contributed by atoms with van der Waals surface area (Å²) in [6, 6.07) is 8.32. The molecule has 154 valence electrons. The van der Waals surface area contributed by atoms with Gasteiger partial charge in [0.1, 0.15) is 0 Å². The number of ether oxygens (including phenoxy) is 1. The largest absolute Gasteiger partial charge is 0.381 e. The fourth-order valence-electron chi connectivity index (χ4n) is 3.95. The molecule has 0 aromatic heterocycles. The van der Waals surface area contributed by atoms with Gasteiger partial charge in [0.15, 0.2) is 5.96 Å². The van der Waals surface area contributed by atoms with Gasteiger partial charge in [0, 0.05) is 58.2 Å². The number of carbonyl (C=O) groups excluding carboxylic acids is 1. The Morgan fingerprint density at radius 2 is 1.96 bits per heavy atom. The number of likely N-dealkylation sites (tertiary alicyclic amines) is 1. The molecule has 1 saturated heterocycles. The average Bonchev–Trinajstić information content (AvgIpc) is 3.35. The zero-order valence-electron chi connectivity index (χ0n) is 17.3. The number of fused-ring (bicyclic) bond motifs is 1. The van der Waals surface area contributed by atoms with Gasteiger partial charge in [-0.25, -0.2) is 0 Å². The summed E-state index contributed by atoms with van der Waals surface area (Å²) in [5.41, 5.74) is 2.55. The fraction of sp³-hybridized carbons (Fsp3) is 0.636. The van der Waals surface area contributed by atoms with Gasteiger partial charge in [-0.15, -0.1) is 0 Å². The Labute approximate surface area is 168 Å². The summed E-state index contributed by atoms with van der Waals surface area (Å²) in [5, 5.41) is 3.40. The van der Waals surface area contributed by atoms with Crippen molar-refractivity contribution in [1.82, 2.24) is 15.1 Å². The Balaban J connectivity index is 1.42. The zero-order chi connectivity index (χ0) is 19.8. The predicted octanol–water partition coefficient (Wildman–Crippen LogP) is 2.63. The Morgan fingerprint density at radius 1 is 1.21 bits per heavy atom. The summed E-state index contributed by atoms with van der Waals surface area (Å²) in [7, 11) is 0. The standard InChI is InChI=1S/C22H34N4O2/c1-3-23-22(25-13-11-18(14-25)17-28-4-2)24-12-7-10-21(27)26-15-19-8-5-6-9-20(19)16-26/h5-6,8-9,18H,3-4,7,10-17H2,1-2H3,(H,23,24). The van der Waals surface area contributed by atoms with Crippen LogP contribution in [0.5, 0.6) is 0 Å². The third-order valence-corrected chi connectivity index (χ3v) is 5.48. The molecule has 1 unspecified atom stereocenters. The van der Waals surface area contributed by atoms with Crippen molar-refractivity contribution < 1.29 is 9.53 Å². The van der Waals surface area contributed by atoms with E-state index in [4.69, 9.17) is 9.73 Å². The molecule has 2 heterocycles. The van der Waals surface area contributed by atoms with E-state index in [-0.39, 0.29) is 5.91 Å². The molecule has 0 bridgehead atoms. The molecule has 28 heavy (non-hydrogen) atoms. The number of aliphatic imine (C=N–C) groups is 1. The maximum Gasteiger partial charge on any atom is 0.223 e. The van der Waals surface area contributed by atoms with Crippen molar-refractivity contribution in [2.24, 2.45) is 10.9 Å². The van der Waals surface area contributed by atoms with E-state index in [9.17, 15) is 4.79 Å². The number of hydrogen-bond acceptors (Lipinski definition) is 3. The van der Waals surface area contributed by atoms with Crippen LogP contribution in [0.15, 0.2) is 29.3 Å². The van der Waals surface area contributed by atoms with Crippen molar-refractivity contribution in [1.29, 1.82) is 0 Å². The highest BCUT2D eigenvalue weighted by Crippen LogP contribution is 2.23. The van der Waals surface area contributed by atoms with Gasteiger partial charge in [0.2, 0.25) is 5.91 Å². The number of rotatable bonds is 8. The maximum atomic E-state index is 12.5. The SMILES string of the molecule is CCNC(=NCCCC(=O)N1Cc2ccccc2C1)N1CCC(COCC)C1. The summed E-state index contributed by atoms with van der Waals surface area (Å²) >= 11 is 0. The third kappa shape index (κ3) is 5.47. The second kappa shape index (κ2) is 10.5. The molecule has 3 rings (SSSR count). The van der Waals surface area contributed by atoms with Gasteiger partial charge in [-0.2, -0.15) is 0 Å². The molecule has 6 heteroatoms. The average molecular weight is 387 g/mol. The van der Waals surface area contributed by atoms with Crippen molar-refractivity contribution in [3.8, 4) is 0 Å². The number of nitrogens with zero attached hydrogens (tertiary/aromatic N) is 3. The molecule has 1 aromatic rings. The van der Waals surface area contributed by atoms with Gasteiger partial charge < -0.3 is 19.9 Å². The normalized spacial score (nSPS) is 19.2. The summed E-state index contributed by atoms with van der Waals surface area (Å²) in [6.07, 6.45) is 2.50. The first-order valence-electron chi connectivity index (χ1n) is 10.7. The van der Waals surface area contributed by atoms with E-state index in [0.717, 1.165) is 64.7 Å². The molecule has 2 aliphatic heterocycles. The van der Waals surface area contributed by atoms with Crippen LogP contribution >= 0.6 is 0 Å². The van der Waals surface area contributed by atoms with Crippen LogP contribution in [0.4, 0.5) is 0 Å². The van der Waals surface area contributed by atoms with Gasteiger partial charge in [-0.05, 0) is 37.8 Å². The minimum Gasteiger partial charge on any atom is -0.381 e. The van der Waals surface area contributed by atoms with Crippen LogP contribution in [0.2, 0.25) is 0 Å². The highest BCUT2D eigenvalue weighted by Gasteiger charge is 2.25. The van der Waals surface area contributed by atoms with Gasteiger partial charge in [-0.1, -0.05) is 24.3 Å². The van der Waals surface area contributed by atoms with Crippen molar-refractivity contribution in [3.05, 3.63) is 35.4 Å². The summed E-state index contributed by atoms with van der Waals surface area (Å²) < 4.78 is 5.57. The van der Waals surface area contributed by atoms with Crippen LogP contribution < -0.4 is 5.32 Å². The third-order valence-electron chi connectivity index (χ3n) is 5.48. The van der Waals surface area contributed by atoms with Crippen molar-refractivity contribution in [2.75, 3.05) is 39.4 Å². The van der Waals surface area contributed by atoms with Crippen molar-refractivity contribution >= 4 is 11.9 Å². The topological polar surface area (TPSA) is 57.2 Å². The predicted molar refractivity (Wildman–Crippen MR) is 112 cm³/mol. The molecule has 1 atom stereocenters. The minimum atomic E-state index is 0.231. The molecule has 1 aromatic carbocycles. The van der Waals surface area contributed by atoms with Gasteiger partial charge in [-0.3, -0.25) is 9.79 Å². The second-order valence-corrected chi connectivity index (χ2v) is 7.62. The number of amides is 1. The Kier molecular flexibility index (Phi) is 7.71. The Morgan fingerprint density at radius 3 is 2.64 bits per heavy atom. The molecular weight excluding hydrogens is 352 g/mol.